The van der Waals surface area contributed by atoms with Crippen LogP contribution in [-0.2, 0) is 16.9 Å². The van der Waals surface area contributed by atoms with E-state index in [1.165, 1.54) is 4.90 Å². The van der Waals surface area contributed by atoms with E-state index in [9.17, 15) is 8.78 Å². The maximum absolute atomic E-state index is 13.7. The van der Waals surface area contributed by atoms with Crippen molar-refractivity contribution in [2.24, 2.45) is 0 Å². The van der Waals surface area contributed by atoms with Crippen LogP contribution in [0.3, 0.4) is 0 Å². The quantitative estimate of drug-likeness (QED) is 0.619. The molecule has 0 radical (unpaired) electrons. The van der Waals surface area contributed by atoms with Gasteiger partial charge in [-0.2, -0.15) is 0 Å². The Balaban J connectivity index is 1.67. The van der Waals surface area contributed by atoms with Crippen LogP contribution in [0.5, 0.6) is 5.75 Å². The maximum atomic E-state index is 13.7. The molecular formula is C22H27F2N7O2. The monoisotopic (exact) mass is 459 g/mol. The van der Waals surface area contributed by atoms with Gasteiger partial charge < -0.3 is 24.7 Å². The summed E-state index contributed by atoms with van der Waals surface area (Å²) in [6, 6.07) is 1.74. The van der Waals surface area contributed by atoms with E-state index in [2.05, 4.69) is 9.97 Å². The molecule has 5 rings (SSSR count). The number of imidazole rings is 1. The SMILES string of the molecule is CCC(C)Oc1cc(-c2nc(N3CC(F)(F)C3)c3nc4n(c3n2)CCOC4(C)C)cnc1N. The fourth-order valence-electron chi connectivity index (χ4n) is 4.10. The average Bonchev–Trinajstić information content (AvgIpc) is 3.13. The lowest BCUT2D eigenvalue weighted by Crippen LogP contribution is -2.56. The largest absolute Gasteiger partial charge is 0.487 e. The average molecular weight is 460 g/mol. The van der Waals surface area contributed by atoms with E-state index in [1.54, 1.807) is 12.3 Å². The summed E-state index contributed by atoms with van der Waals surface area (Å²) in [7, 11) is 0. The Morgan fingerprint density at radius 2 is 2.00 bits per heavy atom. The molecule has 1 unspecified atom stereocenters. The molecule has 3 aromatic heterocycles. The second-order valence-corrected chi connectivity index (χ2v) is 9.14. The van der Waals surface area contributed by atoms with Gasteiger partial charge in [0.15, 0.2) is 34.4 Å². The van der Waals surface area contributed by atoms with Crippen molar-refractivity contribution < 1.29 is 18.3 Å². The molecule has 176 valence electrons. The maximum Gasteiger partial charge on any atom is 0.282 e. The molecule has 0 saturated carbocycles. The smallest absolute Gasteiger partial charge is 0.282 e. The normalized spacial score (nSPS) is 19.8. The number of aromatic nitrogens is 5. The number of nitrogen functional groups attached to an aromatic ring is 1. The molecule has 0 aliphatic carbocycles. The predicted molar refractivity (Wildman–Crippen MR) is 119 cm³/mol. The molecule has 1 fully saturated rings. The fourth-order valence-corrected chi connectivity index (χ4v) is 4.10. The fraction of sp³-hybridized carbons (Fsp3) is 0.545. The molecule has 2 aliphatic rings. The Kier molecular flexibility index (Phi) is 4.93. The van der Waals surface area contributed by atoms with Gasteiger partial charge in [0.1, 0.15) is 11.4 Å². The number of alkyl halides is 2. The zero-order chi connectivity index (χ0) is 23.5. The second kappa shape index (κ2) is 7.47. The lowest BCUT2D eigenvalue weighted by molar-refractivity contribution is -0.0530. The van der Waals surface area contributed by atoms with E-state index in [-0.39, 0.29) is 11.9 Å². The minimum absolute atomic E-state index is 0.0456. The van der Waals surface area contributed by atoms with E-state index >= 15 is 0 Å². The minimum Gasteiger partial charge on any atom is -0.487 e. The number of fused-ring (bicyclic) bond motifs is 3. The van der Waals surface area contributed by atoms with Gasteiger partial charge in [-0.25, -0.2) is 28.7 Å². The molecule has 3 aromatic rings. The van der Waals surface area contributed by atoms with Crippen LogP contribution in [0.4, 0.5) is 20.4 Å². The summed E-state index contributed by atoms with van der Waals surface area (Å²) in [4.78, 5) is 19.9. The number of hydrogen-bond donors (Lipinski definition) is 1. The van der Waals surface area contributed by atoms with Crippen LogP contribution in [-0.4, -0.2) is 56.2 Å². The molecule has 33 heavy (non-hydrogen) atoms. The summed E-state index contributed by atoms with van der Waals surface area (Å²) in [5, 5.41) is 0. The number of anilines is 2. The number of hydrogen-bond acceptors (Lipinski definition) is 8. The van der Waals surface area contributed by atoms with Crippen molar-refractivity contribution in [3.63, 3.8) is 0 Å². The molecule has 1 atom stereocenters. The Bertz CT molecular complexity index is 1220. The van der Waals surface area contributed by atoms with E-state index in [0.717, 1.165) is 6.42 Å². The van der Waals surface area contributed by atoms with Crippen LogP contribution < -0.4 is 15.4 Å². The summed E-state index contributed by atoms with van der Waals surface area (Å²) in [6.07, 6.45) is 2.32. The van der Waals surface area contributed by atoms with Gasteiger partial charge in [-0.3, -0.25) is 0 Å². The molecule has 2 N–H and O–H groups in total. The first-order chi connectivity index (χ1) is 15.6. The second-order valence-electron chi connectivity index (χ2n) is 9.14. The summed E-state index contributed by atoms with van der Waals surface area (Å²) >= 11 is 0. The van der Waals surface area contributed by atoms with Gasteiger partial charge in [0.2, 0.25) is 0 Å². The number of ether oxygens (including phenoxy) is 2. The number of pyridine rings is 1. The van der Waals surface area contributed by atoms with Crippen LogP contribution in [0.2, 0.25) is 0 Å². The van der Waals surface area contributed by atoms with Crippen molar-refractivity contribution in [3.05, 3.63) is 18.1 Å². The summed E-state index contributed by atoms with van der Waals surface area (Å²) in [6.45, 7) is 8.04. The van der Waals surface area contributed by atoms with Crippen LogP contribution in [0, 0.1) is 0 Å². The third kappa shape index (κ3) is 3.73. The van der Waals surface area contributed by atoms with Crippen molar-refractivity contribution in [2.75, 3.05) is 30.3 Å². The first-order valence-corrected chi connectivity index (χ1v) is 11.1. The molecule has 2 aliphatic heterocycles. The number of nitrogens with two attached hydrogens (primary N) is 1. The van der Waals surface area contributed by atoms with Gasteiger partial charge in [-0.15, -0.1) is 0 Å². The first-order valence-electron chi connectivity index (χ1n) is 11.1. The predicted octanol–water partition coefficient (Wildman–Crippen LogP) is 3.37. The van der Waals surface area contributed by atoms with Gasteiger partial charge in [0, 0.05) is 18.3 Å². The van der Waals surface area contributed by atoms with E-state index < -0.39 is 24.6 Å². The van der Waals surface area contributed by atoms with Crippen molar-refractivity contribution >= 4 is 22.8 Å². The highest BCUT2D eigenvalue weighted by Crippen LogP contribution is 2.39. The zero-order valence-corrected chi connectivity index (χ0v) is 19.1. The Labute approximate surface area is 189 Å². The van der Waals surface area contributed by atoms with Gasteiger partial charge in [-0.1, -0.05) is 6.92 Å². The highest BCUT2D eigenvalue weighted by molar-refractivity contribution is 5.87. The molecule has 5 heterocycles. The molecule has 11 heteroatoms. The van der Waals surface area contributed by atoms with Gasteiger partial charge in [0.05, 0.1) is 25.8 Å². The highest BCUT2D eigenvalue weighted by atomic mass is 19.3. The summed E-state index contributed by atoms with van der Waals surface area (Å²) in [5.74, 6) is -0.629. The first kappa shape index (κ1) is 21.7. The topological polar surface area (TPSA) is 104 Å². The van der Waals surface area contributed by atoms with E-state index in [0.29, 0.717) is 53.1 Å². The third-order valence-electron chi connectivity index (χ3n) is 6.08. The zero-order valence-electron chi connectivity index (χ0n) is 19.1. The van der Waals surface area contributed by atoms with Crippen molar-refractivity contribution in [2.45, 2.75) is 58.3 Å². The summed E-state index contributed by atoms with van der Waals surface area (Å²) in [5.41, 5.74) is 7.03. The number of rotatable bonds is 5. The molecular weight excluding hydrogens is 432 g/mol. The lowest BCUT2D eigenvalue weighted by atomic mass is 10.1. The van der Waals surface area contributed by atoms with Crippen molar-refractivity contribution in [3.8, 4) is 17.1 Å². The van der Waals surface area contributed by atoms with Gasteiger partial charge in [0.25, 0.3) is 5.92 Å². The highest BCUT2D eigenvalue weighted by Gasteiger charge is 2.46. The van der Waals surface area contributed by atoms with Crippen LogP contribution in [0.25, 0.3) is 22.6 Å². The summed E-state index contributed by atoms with van der Waals surface area (Å²) < 4.78 is 41.2. The van der Waals surface area contributed by atoms with Crippen molar-refractivity contribution in [1.29, 1.82) is 0 Å². The van der Waals surface area contributed by atoms with Crippen LogP contribution in [0.15, 0.2) is 12.3 Å². The van der Waals surface area contributed by atoms with E-state index in [1.807, 2.05) is 32.3 Å². The van der Waals surface area contributed by atoms with Gasteiger partial charge in [-0.05, 0) is 33.3 Å². The standard InChI is InChI=1S/C22H27F2N7O2/c1-5-12(2)33-14-8-13(9-26-16(14)25)17-28-18(30-10-22(23,24)11-30)15-19(29-17)31-6-7-32-21(3,4)20(31)27-15/h8-9,12H,5-7,10-11H2,1-4H3,(H2,25,26). The molecule has 0 amide bonds. The molecule has 0 bridgehead atoms. The molecule has 0 aromatic carbocycles. The molecule has 0 spiro atoms. The Morgan fingerprint density at radius 3 is 2.70 bits per heavy atom. The Hall–Kier alpha value is -3.08. The number of nitrogens with zero attached hydrogens (tertiary/aromatic N) is 6. The van der Waals surface area contributed by atoms with Gasteiger partial charge >= 0.3 is 0 Å². The van der Waals surface area contributed by atoms with E-state index in [4.69, 9.17) is 25.2 Å². The van der Waals surface area contributed by atoms with Crippen LogP contribution >= 0.6 is 0 Å². The molecule has 1 saturated heterocycles. The minimum atomic E-state index is -2.75. The third-order valence-corrected chi connectivity index (χ3v) is 6.08. The van der Waals surface area contributed by atoms with Crippen LogP contribution in [0.1, 0.15) is 39.9 Å². The van der Waals surface area contributed by atoms with Crippen molar-refractivity contribution in [1.82, 2.24) is 24.5 Å². The molecule has 9 nitrogen and oxygen atoms in total. The Morgan fingerprint density at radius 1 is 1.24 bits per heavy atom. The lowest BCUT2D eigenvalue weighted by Gasteiger charge is -2.39. The number of halogens is 2.